The van der Waals surface area contributed by atoms with Crippen LogP contribution in [0.5, 0.6) is 0 Å². The predicted molar refractivity (Wildman–Crippen MR) is 23.6 cm³/mol. The van der Waals surface area contributed by atoms with Gasteiger partial charge in [0.05, 0.1) is 0 Å². The molecular weight excluding hydrogens is 177 g/mol. The van der Waals surface area contributed by atoms with E-state index in [0.29, 0.717) is 0 Å². The Kier molecular flexibility index (Phi) is 2.63. The molecule has 0 heterocycles. The first-order chi connectivity index (χ1) is 4.27. The lowest BCUT2D eigenvalue weighted by atomic mass is 10.8. The van der Waals surface area contributed by atoms with Gasteiger partial charge in [-0.3, -0.25) is 4.55 Å². The van der Waals surface area contributed by atoms with Gasteiger partial charge in [-0.05, 0) is 4.53 Å². The zero-order valence-corrected chi connectivity index (χ0v) is 5.24. The molecule has 0 rings (SSSR count). The fourth-order valence-corrected chi connectivity index (χ4v) is 0.704. The minimum absolute atomic E-state index is 1.94. The van der Waals surface area contributed by atoms with Crippen LogP contribution in [0.3, 0.4) is 0 Å². The summed E-state index contributed by atoms with van der Waals surface area (Å²) in [5.41, 5.74) is 0. The first-order valence-electron chi connectivity index (χ1n) is 1.89. The summed E-state index contributed by atoms with van der Waals surface area (Å²) in [4.78, 5) is 1.94. The van der Waals surface area contributed by atoms with E-state index in [1.807, 2.05) is 4.94 Å². The van der Waals surface area contributed by atoms with E-state index in [4.69, 9.17) is 4.55 Å². The van der Waals surface area contributed by atoms with Gasteiger partial charge in [-0.1, -0.05) is 0 Å². The topological polar surface area (TPSA) is 63.6 Å². The minimum atomic E-state index is -4.91. The molecule has 0 aromatic rings. The second-order valence-corrected chi connectivity index (χ2v) is 2.89. The van der Waals surface area contributed by atoms with Crippen molar-refractivity contribution < 1.29 is 31.2 Å². The molecule has 0 amide bonds. The molecule has 0 aromatic carbocycles. The Morgan fingerprint density at radius 3 is 2.00 bits per heavy atom. The highest BCUT2D eigenvalue weighted by Gasteiger charge is 2.37. The summed E-state index contributed by atoms with van der Waals surface area (Å²) in [5.74, 6) is -2.09. The summed E-state index contributed by atoms with van der Waals surface area (Å²) >= 11 is 0. The molecule has 0 radical (unpaired) electrons. The lowest BCUT2D eigenvalue weighted by molar-refractivity contribution is -0.342. The maximum Gasteiger partial charge on any atom is 0.402 e. The number of hydrogen-bond donors (Lipinski definition) is 1. The summed E-state index contributed by atoms with van der Waals surface area (Å²) in [6.45, 7) is 0. The van der Waals surface area contributed by atoms with Crippen molar-refractivity contribution in [2.45, 2.75) is 6.11 Å². The van der Waals surface area contributed by atoms with Crippen LogP contribution in [0.15, 0.2) is 0 Å². The zero-order chi connectivity index (χ0) is 8.41. The number of hydrogen-bond acceptors (Lipinski definition) is 3. The van der Waals surface area contributed by atoms with Gasteiger partial charge in [0.15, 0.2) is 5.75 Å². The van der Waals surface area contributed by atoms with Crippen LogP contribution in [0.2, 0.25) is 0 Å². The van der Waals surface area contributed by atoms with E-state index >= 15 is 0 Å². The normalized spacial score (nSPS) is 13.6. The fraction of sp³-hybridized carbons (Fsp3) is 1.00. The molecule has 0 atom stereocenters. The van der Waals surface area contributed by atoms with Crippen molar-refractivity contribution in [3.63, 3.8) is 0 Å². The molecule has 62 valence electrons. The number of halogens is 3. The summed E-state index contributed by atoms with van der Waals surface area (Å²) in [6, 6.07) is 0. The molecule has 10 heavy (non-hydrogen) atoms. The lowest BCUT2D eigenvalue weighted by Gasteiger charge is -2.06. The Balaban J connectivity index is 4.16. The average molecular weight is 180 g/mol. The predicted octanol–water partition coefficient (Wildman–Crippen LogP) is 0.368. The standard InChI is InChI=1S/C2H3F3O4S/c3-2(4,9-5)1-10(6,7)8/h1H2,(H,6,7,8). The molecular formula is C2H3F3O4S. The second kappa shape index (κ2) is 2.72. The van der Waals surface area contributed by atoms with Crippen molar-refractivity contribution in [1.29, 1.82) is 0 Å². The van der Waals surface area contributed by atoms with Crippen molar-refractivity contribution >= 4 is 10.1 Å². The lowest BCUT2D eigenvalue weighted by Crippen LogP contribution is -2.27. The van der Waals surface area contributed by atoms with E-state index in [-0.39, 0.29) is 0 Å². The van der Waals surface area contributed by atoms with Crippen LogP contribution in [0.4, 0.5) is 13.3 Å². The van der Waals surface area contributed by atoms with Crippen LogP contribution in [-0.2, 0) is 15.1 Å². The molecule has 8 heteroatoms. The van der Waals surface area contributed by atoms with E-state index in [1.165, 1.54) is 0 Å². The van der Waals surface area contributed by atoms with Gasteiger partial charge >= 0.3 is 6.11 Å². The van der Waals surface area contributed by atoms with E-state index in [0.717, 1.165) is 0 Å². The van der Waals surface area contributed by atoms with Crippen LogP contribution < -0.4 is 0 Å². The highest BCUT2D eigenvalue weighted by atomic mass is 32.2. The molecule has 0 aliphatic heterocycles. The van der Waals surface area contributed by atoms with Crippen LogP contribution in [0.1, 0.15) is 0 Å². The summed E-state index contributed by atoms with van der Waals surface area (Å²) in [5, 5.41) is 0. The number of rotatable bonds is 3. The molecule has 0 saturated carbocycles. The zero-order valence-electron chi connectivity index (χ0n) is 4.42. The van der Waals surface area contributed by atoms with Gasteiger partial charge in [-0.15, -0.1) is 4.94 Å². The third-order valence-corrected chi connectivity index (χ3v) is 1.16. The molecule has 0 bridgehead atoms. The largest absolute Gasteiger partial charge is 0.402 e. The maximum absolute atomic E-state index is 11.5. The van der Waals surface area contributed by atoms with Crippen LogP contribution in [0, 0.1) is 0 Å². The first kappa shape index (κ1) is 9.66. The highest BCUT2D eigenvalue weighted by molar-refractivity contribution is 7.85. The molecule has 0 aliphatic carbocycles. The molecule has 4 nitrogen and oxygen atoms in total. The highest BCUT2D eigenvalue weighted by Crippen LogP contribution is 2.17. The van der Waals surface area contributed by atoms with Crippen molar-refractivity contribution in [1.82, 2.24) is 0 Å². The van der Waals surface area contributed by atoms with Crippen molar-refractivity contribution in [2.24, 2.45) is 0 Å². The minimum Gasteiger partial charge on any atom is -0.285 e. The van der Waals surface area contributed by atoms with Gasteiger partial charge in [-0.25, -0.2) is 0 Å². The van der Waals surface area contributed by atoms with Crippen LogP contribution in [-0.4, -0.2) is 24.8 Å². The molecule has 0 aromatic heterocycles. The van der Waals surface area contributed by atoms with Gasteiger partial charge in [0.1, 0.15) is 0 Å². The van der Waals surface area contributed by atoms with E-state index < -0.39 is 22.0 Å². The van der Waals surface area contributed by atoms with Gasteiger partial charge in [0, 0.05) is 0 Å². The summed E-state index contributed by atoms with van der Waals surface area (Å²) in [7, 11) is -4.91. The summed E-state index contributed by atoms with van der Waals surface area (Å²) < 4.78 is 60.7. The maximum atomic E-state index is 11.5. The second-order valence-electron chi connectivity index (χ2n) is 1.44. The quantitative estimate of drug-likeness (QED) is 0.637. The van der Waals surface area contributed by atoms with Crippen LogP contribution >= 0.6 is 0 Å². The van der Waals surface area contributed by atoms with Crippen LogP contribution in [0.25, 0.3) is 0 Å². The van der Waals surface area contributed by atoms with Crippen molar-refractivity contribution in [3.05, 3.63) is 0 Å². The SMILES string of the molecule is O=S(=O)(O)CC(F)(F)OF. The third-order valence-electron chi connectivity index (χ3n) is 0.463. The first-order valence-corrected chi connectivity index (χ1v) is 3.50. The molecule has 1 N–H and O–H groups in total. The molecule has 0 spiro atoms. The van der Waals surface area contributed by atoms with Gasteiger partial charge in [-0.2, -0.15) is 17.2 Å². The van der Waals surface area contributed by atoms with Crippen molar-refractivity contribution in [3.8, 4) is 0 Å². The Bertz CT molecular complexity index is 197. The Labute approximate surface area is 54.2 Å². The molecule has 0 unspecified atom stereocenters. The van der Waals surface area contributed by atoms with E-state index in [1.54, 1.807) is 0 Å². The average Bonchev–Trinajstić information content (AvgIpc) is 1.60. The molecule has 0 fully saturated rings. The Hall–Kier alpha value is -0.340. The van der Waals surface area contributed by atoms with Gasteiger partial charge in [0.25, 0.3) is 10.1 Å². The molecule has 0 aliphatic rings. The van der Waals surface area contributed by atoms with Gasteiger partial charge < -0.3 is 0 Å². The van der Waals surface area contributed by atoms with Crippen molar-refractivity contribution in [2.75, 3.05) is 5.75 Å². The smallest absolute Gasteiger partial charge is 0.285 e. The Morgan fingerprint density at radius 2 is 1.90 bits per heavy atom. The monoisotopic (exact) mass is 180 g/mol. The van der Waals surface area contributed by atoms with E-state index in [2.05, 4.69) is 0 Å². The fourth-order valence-electron chi connectivity index (χ4n) is 0.235. The van der Waals surface area contributed by atoms with Gasteiger partial charge in [0.2, 0.25) is 0 Å². The summed E-state index contributed by atoms with van der Waals surface area (Å²) in [6.07, 6.45) is -4.48. The number of alkyl halides is 2. The Morgan fingerprint density at radius 1 is 1.50 bits per heavy atom. The molecule has 0 saturated heterocycles. The van der Waals surface area contributed by atoms with E-state index in [9.17, 15) is 21.7 Å². The third kappa shape index (κ3) is 4.53.